The minimum Gasteiger partial charge on any atom is -0.480 e. The molecule has 0 aliphatic heterocycles. The van der Waals surface area contributed by atoms with Crippen LogP contribution in [0, 0.1) is 0 Å². The first kappa shape index (κ1) is 10.8. The van der Waals surface area contributed by atoms with Crippen LogP contribution in [0.25, 0.3) is 11.0 Å². The van der Waals surface area contributed by atoms with Crippen LogP contribution in [0.1, 0.15) is 24.6 Å². The number of imidazole rings is 1. The van der Waals surface area contributed by atoms with Crippen molar-refractivity contribution in [2.24, 2.45) is 0 Å². The van der Waals surface area contributed by atoms with E-state index in [9.17, 15) is 4.79 Å². The minimum absolute atomic E-state index is 0.0151. The highest BCUT2D eigenvalue weighted by Crippen LogP contribution is 2.41. The first-order valence-corrected chi connectivity index (χ1v) is 6.32. The van der Waals surface area contributed by atoms with Gasteiger partial charge in [0.25, 0.3) is 0 Å². The molecule has 0 saturated heterocycles. The fourth-order valence-corrected chi connectivity index (χ4v) is 2.53. The van der Waals surface area contributed by atoms with E-state index in [1.165, 1.54) is 0 Å². The normalized spacial score (nSPS) is 15.4. The largest absolute Gasteiger partial charge is 0.480 e. The summed E-state index contributed by atoms with van der Waals surface area (Å²) in [5.74, 6) is 0.522. The van der Waals surface area contributed by atoms with E-state index in [1.54, 1.807) is 0 Å². The number of fused-ring (bicyclic) bond motifs is 1. The fraction of sp³-hybridized carbons (Fsp3) is 0.333. The topological polar surface area (TPSA) is 55.1 Å². The zero-order valence-corrected chi connectivity index (χ0v) is 10.6. The van der Waals surface area contributed by atoms with Crippen molar-refractivity contribution in [1.82, 2.24) is 9.55 Å². The monoisotopic (exact) mass is 294 g/mol. The third-order valence-electron chi connectivity index (χ3n) is 3.00. The number of hydrogen-bond donors (Lipinski definition) is 1. The zero-order chi connectivity index (χ0) is 12.0. The Hall–Kier alpha value is -1.36. The molecule has 1 saturated carbocycles. The Balaban J connectivity index is 2.23. The summed E-state index contributed by atoms with van der Waals surface area (Å²) >= 11 is 3.46. The highest BCUT2D eigenvalue weighted by atomic mass is 79.9. The number of nitrogens with zero attached hydrogens (tertiary/aromatic N) is 2. The van der Waals surface area contributed by atoms with Gasteiger partial charge < -0.3 is 9.67 Å². The minimum atomic E-state index is -0.828. The molecule has 1 N–H and O–H groups in total. The smallest absolute Gasteiger partial charge is 0.323 e. The summed E-state index contributed by atoms with van der Waals surface area (Å²) in [5.41, 5.74) is 1.75. The van der Waals surface area contributed by atoms with Gasteiger partial charge in [-0.3, -0.25) is 4.79 Å². The molecule has 88 valence electrons. The lowest BCUT2D eigenvalue weighted by molar-refractivity contribution is -0.137. The van der Waals surface area contributed by atoms with Gasteiger partial charge in [-0.05, 0) is 40.9 Å². The molecule has 1 aromatic heterocycles. The van der Waals surface area contributed by atoms with Gasteiger partial charge in [-0.1, -0.05) is 6.07 Å². The Morgan fingerprint density at radius 1 is 1.53 bits per heavy atom. The van der Waals surface area contributed by atoms with E-state index >= 15 is 0 Å². The molecule has 5 heteroatoms. The lowest BCUT2D eigenvalue weighted by Gasteiger charge is -2.04. The van der Waals surface area contributed by atoms with E-state index < -0.39 is 5.97 Å². The highest BCUT2D eigenvalue weighted by Gasteiger charge is 2.30. The Labute approximate surface area is 106 Å². The van der Waals surface area contributed by atoms with Crippen LogP contribution in [0.5, 0.6) is 0 Å². The molecule has 0 spiro atoms. The number of carbonyl (C=O) groups is 1. The molecule has 0 amide bonds. The molecule has 1 aromatic carbocycles. The summed E-state index contributed by atoms with van der Waals surface area (Å²) < 4.78 is 2.74. The maximum absolute atomic E-state index is 10.9. The molecule has 0 unspecified atom stereocenters. The highest BCUT2D eigenvalue weighted by molar-refractivity contribution is 9.10. The Kier molecular flexibility index (Phi) is 2.43. The van der Waals surface area contributed by atoms with Gasteiger partial charge in [0.05, 0.1) is 5.52 Å². The van der Waals surface area contributed by atoms with Crippen molar-refractivity contribution in [2.45, 2.75) is 25.3 Å². The van der Waals surface area contributed by atoms with Crippen LogP contribution in [-0.4, -0.2) is 20.6 Å². The molecule has 0 bridgehead atoms. The number of hydrogen-bond acceptors (Lipinski definition) is 2. The van der Waals surface area contributed by atoms with Crippen LogP contribution in [0.4, 0.5) is 0 Å². The molecule has 2 aromatic rings. The quantitative estimate of drug-likeness (QED) is 0.947. The first-order valence-electron chi connectivity index (χ1n) is 5.53. The number of benzene rings is 1. The van der Waals surface area contributed by atoms with Gasteiger partial charge in [-0.25, -0.2) is 4.98 Å². The SMILES string of the molecule is O=C(O)Cn1c(C2CC2)nc2c(Br)cccc21. The third-order valence-corrected chi connectivity index (χ3v) is 3.63. The van der Waals surface area contributed by atoms with E-state index in [2.05, 4.69) is 20.9 Å². The van der Waals surface area contributed by atoms with E-state index in [0.29, 0.717) is 5.92 Å². The first-order chi connectivity index (χ1) is 8.16. The second-order valence-electron chi connectivity index (χ2n) is 4.33. The lowest BCUT2D eigenvalue weighted by Crippen LogP contribution is -2.11. The Bertz CT molecular complexity index is 602. The van der Waals surface area contributed by atoms with Crippen molar-refractivity contribution in [2.75, 3.05) is 0 Å². The number of carboxylic acid groups (broad SMARTS) is 1. The van der Waals surface area contributed by atoms with E-state index in [1.807, 2.05) is 22.8 Å². The van der Waals surface area contributed by atoms with Gasteiger partial charge in [0.15, 0.2) is 0 Å². The number of rotatable bonds is 3. The van der Waals surface area contributed by atoms with Crippen LogP contribution in [0.2, 0.25) is 0 Å². The molecule has 4 nitrogen and oxygen atoms in total. The van der Waals surface area contributed by atoms with Gasteiger partial charge in [0.2, 0.25) is 0 Å². The van der Waals surface area contributed by atoms with Gasteiger partial charge in [0.1, 0.15) is 17.9 Å². The van der Waals surface area contributed by atoms with Crippen molar-refractivity contribution < 1.29 is 9.90 Å². The molecule has 0 radical (unpaired) electrons. The summed E-state index contributed by atoms with van der Waals surface area (Å²) in [6.07, 6.45) is 2.22. The summed E-state index contributed by atoms with van der Waals surface area (Å²) in [5, 5.41) is 8.98. The fourth-order valence-electron chi connectivity index (χ4n) is 2.09. The molecule has 1 fully saturated rings. The number of carboxylic acids is 1. The van der Waals surface area contributed by atoms with Crippen LogP contribution in [-0.2, 0) is 11.3 Å². The summed E-state index contributed by atoms with van der Waals surface area (Å²) in [6, 6.07) is 5.75. The number of halogens is 1. The van der Waals surface area contributed by atoms with E-state index in [-0.39, 0.29) is 6.54 Å². The van der Waals surface area contributed by atoms with E-state index in [0.717, 1.165) is 34.2 Å². The van der Waals surface area contributed by atoms with Crippen molar-refractivity contribution in [3.05, 3.63) is 28.5 Å². The predicted octanol–water partition coefficient (Wildman–Crippen LogP) is 2.76. The molecule has 3 rings (SSSR count). The van der Waals surface area contributed by atoms with Gasteiger partial charge in [0, 0.05) is 10.4 Å². The predicted molar refractivity (Wildman–Crippen MR) is 67.0 cm³/mol. The van der Waals surface area contributed by atoms with Crippen molar-refractivity contribution >= 4 is 32.9 Å². The maximum atomic E-state index is 10.9. The molecular weight excluding hydrogens is 284 g/mol. The summed E-state index contributed by atoms with van der Waals surface area (Å²) in [4.78, 5) is 15.5. The second kappa shape index (κ2) is 3.84. The number of para-hydroxylation sites is 1. The standard InChI is InChI=1S/C12H11BrN2O2/c13-8-2-1-3-9-11(8)14-12(7-4-5-7)15(9)6-10(16)17/h1-3,7H,4-6H2,(H,16,17). The Morgan fingerprint density at radius 2 is 2.29 bits per heavy atom. The van der Waals surface area contributed by atoms with Crippen LogP contribution in [0.15, 0.2) is 22.7 Å². The average Bonchev–Trinajstić information content (AvgIpc) is 3.04. The van der Waals surface area contributed by atoms with Gasteiger partial charge in [-0.15, -0.1) is 0 Å². The van der Waals surface area contributed by atoms with E-state index in [4.69, 9.17) is 5.11 Å². The van der Waals surface area contributed by atoms with Crippen molar-refractivity contribution in [3.63, 3.8) is 0 Å². The number of aromatic nitrogens is 2. The summed E-state index contributed by atoms with van der Waals surface area (Å²) in [7, 11) is 0. The molecule has 1 heterocycles. The molecular formula is C12H11BrN2O2. The second-order valence-corrected chi connectivity index (χ2v) is 5.19. The molecule has 1 aliphatic carbocycles. The van der Waals surface area contributed by atoms with Crippen LogP contribution >= 0.6 is 15.9 Å². The van der Waals surface area contributed by atoms with Crippen molar-refractivity contribution in [3.8, 4) is 0 Å². The Morgan fingerprint density at radius 3 is 2.94 bits per heavy atom. The van der Waals surface area contributed by atoms with Gasteiger partial charge >= 0.3 is 5.97 Å². The maximum Gasteiger partial charge on any atom is 0.323 e. The van der Waals surface area contributed by atoms with Crippen LogP contribution < -0.4 is 0 Å². The van der Waals surface area contributed by atoms with Crippen LogP contribution in [0.3, 0.4) is 0 Å². The van der Waals surface area contributed by atoms with Gasteiger partial charge in [-0.2, -0.15) is 0 Å². The molecule has 1 aliphatic rings. The zero-order valence-electron chi connectivity index (χ0n) is 9.06. The lowest BCUT2D eigenvalue weighted by atomic mass is 10.3. The van der Waals surface area contributed by atoms with Crippen molar-refractivity contribution in [1.29, 1.82) is 0 Å². The molecule has 0 atom stereocenters. The molecule has 17 heavy (non-hydrogen) atoms. The third kappa shape index (κ3) is 1.84. The number of aliphatic carboxylic acids is 1. The average molecular weight is 295 g/mol. The summed E-state index contributed by atoms with van der Waals surface area (Å²) in [6.45, 7) is -0.0151.